The van der Waals surface area contributed by atoms with Crippen LogP contribution in [0, 0.1) is 5.92 Å². The van der Waals surface area contributed by atoms with E-state index in [0.717, 1.165) is 18.1 Å². The van der Waals surface area contributed by atoms with Gasteiger partial charge >= 0.3 is 0 Å². The van der Waals surface area contributed by atoms with Crippen LogP contribution >= 0.6 is 15.9 Å². The first-order chi connectivity index (χ1) is 8.53. The number of fused-ring (bicyclic) bond motifs is 1. The van der Waals surface area contributed by atoms with Crippen molar-refractivity contribution < 1.29 is 4.74 Å². The molecule has 1 aliphatic carbocycles. The predicted molar refractivity (Wildman–Crippen MR) is 78.5 cm³/mol. The lowest BCUT2D eigenvalue weighted by molar-refractivity contribution is 0.138. The molecule has 3 rings (SSSR count). The molecule has 0 spiro atoms. The monoisotopic (exact) mass is 308 g/mol. The summed E-state index contributed by atoms with van der Waals surface area (Å²) in [5.41, 5.74) is 2.76. The van der Waals surface area contributed by atoms with Gasteiger partial charge in [-0.05, 0) is 43.4 Å². The Morgan fingerprint density at radius 3 is 2.83 bits per heavy atom. The summed E-state index contributed by atoms with van der Waals surface area (Å²) in [5, 5.41) is 0. The molecule has 1 atom stereocenters. The third-order valence-electron chi connectivity index (χ3n) is 4.21. The minimum absolute atomic E-state index is 0.0310. The first-order valence-corrected chi connectivity index (χ1v) is 7.91. The van der Waals surface area contributed by atoms with Crippen LogP contribution in [-0.4, -0.2) is 5.60 Å². The SMILES string of the molecule is CC1(C)Cc2cc(C(Br)CC3CCC3)ccc2O1. The minimum atomic E-state index is -0.0310. The van der Waals surface area contributed by atoms with Crippen molar-refractivity contribution in [2.75, 3.05) is 0 Å². The molecule has 1 aliphatic heterocycles. The number of hydrogen-bond acceptors (Lipinski definition) is 1. The van der Waals surface area contributed by atoms with Gasteiger partial charge in [0.15, 0.2) is 0 Å². The molecule has 98 valence electrons. The van der Waals surface area contributed by atoms with Crippen LogP contribution in [0.15, 0.2) is 18.2 Å². The molecule has 1 nitrogen and oxygen atoms in total. The predicted octanol–water partition coefficient (Wildman–Crippen LogP) is 5.03. The van der Waals surface area contributed by atoms with Crippen LogP contribution in [0.5, 0.6) is 5.75 Å². The van der Waals surface area contributed by atoms with Gasteiger partial charge in [-0.3, -0.25) is 0 Å². The normalized spacial score (nSPS) is 23.1. The zero-order chi connectivity index (χ0) is 12.8. The van der Waals surface area contributed by atoms with E-state index in [4.69, 9.17) is 4.74 Å². The Kier molecular flexibility index (Phi) is 3.17. The number of ether oxygens (including phenoxy) is 1. The second-order valence-corrected chi connectivity index (χ2v) is 7.51. The molecule has 1 aromatic carbocycles. The number of alkyl halides is 1. The van der Waals surface area contributed by atoms with Crippen molar-refractivity contribution in [3.8, 4) is 5.75 Å². The number of hydrogen-bond donors (Lipinski definition) is 0. The van der Waals surface area contributed by atoms with E-state index in [-0.39, 0.29) is 5.60 Å². The highest BCUT2D eigenvalue weighted by Crippen LogP contribution is 2.41. The van der Waals surface area contributed by atoms with Gasteiger partial charge in [-0.1, -0.05) is 47.3 Å². The molecule has 1 saturated carbocycles. The molecule has 0 aromatic heterocycles. The summed E-state index contributed by atoms with van der Waals surface area (Å²) >= 11 is 3.86. The van der Waals surface area contributed by atoms with E-state index in [1.807, 2.05) is 0 Å². The van der Waals surface area contributed by atoms with Gasteiger partial charge in [-0.2, -0.15) is 0 Å². The molecule has 0 amide bonds. The average molecular weight is 309 g/mol. The number of halogens is 1. The minimum Gasteiger partial charge on any atom is -0.487 e. The molecule has 2 aliphatic rings. The highest BCUT2D eigenvalue weighted by molar-refractivity contribution is 9.09. The zero-order valence-electron chi connectivity index (χ0n) is 11.2. The van der Waals surface area contributed by atoms with E-state index >= 15 is 0 Å². The zero-order valence-corrected chi connectivity index (χ0v) is 12.8. The molecule has 18 heavy (non-hydrogen) atoms. The maximum absolute atomic E-state index is 5.93. The van der Waals surface area contributed by atoms with E-state index < -0.39 is 0 Å². The molecule has 0 saturated heterocycles. The third-order valence-corrected chi connectivity index (χ3v) is 5.12. The fourth-order valence-electron chi connectivity index (χ4n) is 2.98. The van der Waals surface area contributed by atoms with Crippen molar-refractivity contribution >= 4 is 15.9 Å². The Labute approximate surface area is 118 Å². The number of benzene rings is 1. The molecule has 0 radical (unpaired) electrons. The van der Waals surface area contributed by atoms with E-state index in [0.29, 0.717) is 4.83 Å². The summed E-state index contributed by atoms with van der Waals surface area (Å²) in [6, 6.07) is 6.70. The molecule has 1 fully saturated rings. The fourth-order valence-corrected chi connectivity index (χ4v) is 3.80. The number of rotatable bonds is 3. The lowest BCUT2D eigenvalue weighted by Gasteiger charge is -2.27. The third kappa shape index (κ3) is 2.45. The first kappa shape index (κ1) is 12.5. The Hall–Kier alpha value is -0.500. The van der Waals surface area contributed by atoms with Crippen LogP contribution in [-0.2, 0) is 6.42 Å². The smallest absolute Gasteiger partial charge is 0.123 e. The van der Waals surface area contributed by atoms with Gasteiger partial charge in [0, 0.05) is 11.2 Å². The van der Waals surface area contributed by atoms with Crippen LogP contribution < -0.4 is 4.74 Å². The molecule has 1 unspecified atom stereocenters. The molecule has 1 heterocycles. The molecular weight excluding hydrogens is 288 g/mol. The molecule has 0 bridgehead atoms. The van der Waals surface area contributed by atoms with Crippen molar-refractivity contribution in [1.82, 2.24) is 0 Å². The molecular formula is C16H21BrO. The van der Waals surface area contributed by atoms with Gasteiger partial charge in [0.1, 0.15) is 11.4 Å². The van der Waals surface area contributed by atoms with Crippen molar-refractivity contribution in [2.24, 2.45) is 5.92 Å². The fraction of sp³-hybridized carbons (Fsp3) is 0.625. The second-order valence-electron chi connectivity index (χ2n) is 6.41. The first-order valence-electron chi connectivity index (χ1n) is 6.99. The van der Waals surface area contributed by atoms with Gasteiger partial charge in [-0.15, -0.1) is 0 Å². The summed E-state index contributed by atoms with van der Waals surface area (Å²) < 4.78 is 5.93. The van der Waals surface area contributed by atoms with E-state index in [9.17, 15) is 0 Å². The van der Waals surface area contributed by atoms with Crippen molar-refractivity contribution in [3.63, 3.8) is 0 Å². The summed E-state index contributed by atoms with van der Waals surface area (Å²) in [7, 11) is 0. The Morgan fingerprint density at radius 2 is 2.17 bits per heavy atom. The maximum atomic E-state index is 5.93. The highest BCUT2D eigenvalue weighted by atomic mass is 79.9. The lowest BCUT2D eigenvalue weighted by atomic mass is 9.81. The van der Waals surface area contributed by atoms with Crippen molar-refractivity contribution in [2.45, 2.75) is 56.4 Å². The standard InChI is InChI=1S/C16H21BrO/c1-16(2)10-13-9-12(6-7-15(13)18-16)14(17)8-11-4-3-5-11/h6-7,9,11,14H,3-5,8,10H2,1-2H3. The topological polar surface area (TPSA) is 9.23 Å². The second kappa shape index (κ2) is 4.56. The van der Waals surface area contributed by atoms with Gasteiger partial charge in [0.25, 0.3) is 0 Å². The largest absolute Gasteiger partial charge is 0.487 e. The van der Waals surface area contributed by atoms with Crippen molar-refractivity contribution in [3.05, 3.63) is 29.3 Å². The van der Waals surface area contributed by atoms with Crippen LogP contribution in [0.4, 0.5) is 0 Å². The molecule has 1 aromatic rings. The summed E-state index contributed by atoms with van der Waals surface area (Å²) in [6.07, 6.45) is 6.57. The van der Waals surface area contributed by atoms with E-state index in [1.165, 1.54) is 36.8 Å². The summed E-state index contributed by atoms with van der Waals surface area (Å²) in [5.74, 6) is 2.02. The van der Waals surface area contributed by atoms with Crippen LogP contribution in [0.25, 0.3) is 0 Å². The van der Waals surface area contributed by atoms with E-state index in [2.05, 4.69) is 48.0 Å². The quantitative estimate of drug-likeness (QED) is 0.712. The molecule has 2 heteroatoms. The van der Waals surface area contributed by atoms with Crippen LogP contribution in [0.2, 0.25) is 0 Å². The van der Waals surface area contributed by atoms with Gasteiger partial charge in [0.05, 0.1) is 0 Å². The summed E-state index contributed by atoms with van der Waals surface area (Å²) in [6.45, 7) is 4.32. The molecule has 0 N–H and O–H groups in total. The highest BCUT2D eigenvalue weighted by Gasteiger charge is 2.30. The maximum Gasteiger partial charge on any atom is 0.123 e. The van der Waals surface area contributed by atoms with Gasteiger partial charge in [0.2, 0.25) is 0 Å². The van der Waals surface area contributed by atoms with Gasteiger partial charge in [-0.25, -0.2) is 0 Å². The summed E-state index contributed by atoms with van der Waals surface area (Å²) in [4.78, 5) is 0.511. The average Bonchev–Trinajstić information content (AvgIpc) is 2.55. The van der Waals surface area contributed by atoms with Crippen LogP contribution in [0.3, 0.4) is 0 Å². The Bertz CT molecular complexity index is 448. The Morgan fingerprint density at radius 1 is 1.39 bits per heavy atom. The van der Waals surface area contributed by atoms with Gasteiger partial charge < -0.3 is 4.74 Å². The van der Waals surface area contributed by atoms with E-state index in [1.54, 1.807) is 0 Å². The Balaban J connectivity index is 1.74. The van der Waals surface area contributed by atoms with Crippen LogP contribution in [0.1, 0.15) is 55.5 Å². The van der Waals surface area contributed by atoms with Crippen molar-refractivity contribution in [1.29, 1.82) is 0 Å². The lowest BCUT2D eigenvalue weighted by Crippen LogP contribution is -2.24.